The summed E-state index contributed by atoms with van der Waals surface area (Å²) in [5.41, 5.74) is 2.42. The van der Waals surface area contributed by atoms with E-state index in [9.17, 15) is 9.59 Å². The second-order valence-electron chi connectivity index (χ2n) is 6.50. The van der Waals surface area contributed by atoms with Gasteiger partial charge in [-0.05, 0) is 37.1 Å². The molecule has 0 radical (unpaired) electrons. The number of hydrogen-bond acceptors (Lipinski definition) is 6. The van der Waals surface area contributed by atoms with E-state index < -0.39 is 12.0 Å². The summed E-state index contributed by atoms with van der Waals surface area (Å²) in [6.45, 7) is 3.79. The standard InChI is InChI=1S/C22H19N3O3S/c1-3-28-21(27)18-14(2)24-22-25(19(18)16-9-5-4-6-10-16)20(26)17(29-22)12-15-8-7-11-23-13-15/h4-13,19H,3H2,1-2H3/t19-/m1/s1. The summed E-state index contributed by atoms with van der Waals surface area (Å²) in [6.07, 6.45) is 5.17. The molecule has 0 spiro atoms. The highest BCUT2D eigenvalue weighted by Gasteiger charge is 2.33. The fourth-order valence-electron chi connectivity index (χ4n) is 3.35. The number of aromatic nitrogens is 2. The molecule has 7 heteroatoms. The van der Waals surface area contributed by atoms with Crippen LogP contribution in [0.15, 0.2) is 75.9 Å². The molecule has 3 aromatic rings. The average Bonchev–Trinajstić information content (AvgIpc) is 3.03. The smallest absolute Gasteiger partial charge is 0.338 e. The van der Waals surface area contributed by atoms with E-state index in [2.05, 4.69) is 9.98 Å². The summed E-state index contributed by atoms with van der Waals surface area (Å²) >= 11 is 1.30. The molecule has 0 saturated heterocycles. The highest BCUT2D eigenvalue weighted by molar-refractivity contribution is 7.07. The van der Waals surface area contributed by atoms with Crippen LogP contribution in [0.25, 0.3) is 6.08 Å². The van der Waals surface area contributed by atoms with Crippen molar-refractivity contribution in [3.8, 4) is 0 Å². The molecule has 0 N–H and O–H groups in total. The molecule has 0 amide bonds. The molecule has 3 heterocycles. The second kappa shape index (κ2) is 7.97. The molecule has 0 unspecified atom stereocenters. The first-order valence-corrected chi connectivity index (χ1v) is 10.1. The lowest BCUT2D eigenvalue weighted by atomic mass is 9.96. The topological polar surface area (TPSA) is 73.6 Å². The SMILES string of the molecule is CCOC(=O)C1=C(C)N=c2sc(=Cc3cccnc3)c(=O)n2[C@@H]1c1ccccc1. The van der Waals surface area contributed by atoms with Crippen LogP contribution in [0.2, 0.25) is 0 Å². The van der Waals surface area contributed by atoms with Gasteiger partial charge in [-0.1, -0.05) is 47.7 Å². The molecule has 1 aliphatic heterocycles. The summed E-state index contributed by atoms with van der Waals surface area (Å²) in [5.74, 6) is -0.454. The molecule has 6 nitrogen and oxygen atoms in total. The van der Waals surface area contributed by atoms with E-state index in [0.717, 1.165) is 11.1 Å². The number of hydrogen-bond donors (Lipinski definition) is 0. The summed E-state index contributed by atoms with van der Waals surface area (Å²) in [6, 6.07) is 12.6. The molecule has 29 heavy (non-hydrogen) atoms. The fourth-order valence-corrected chi connectivity index (χ4v) is 4.40. The van der Waals surface area contributed by atoms with Crippen molar-refractivity contribution in [3.63, 3.8) is 0 Å². The van der Waals surface area contributed by atoms with Crippen molar-refractivity contribution in [2.24, 2.45) is 4.99 Å². The van der Waals surface area contributed by atoms with E-state index in [1.54, 1.807) is 36.9 Å². The van der Waals surface area contributed by atoms with Crippen molar-refractivity contribution in [3.05, 3.63) is 96.9 Å². The molecule has 2 aromatic heterocycles. The minimum atomic E-state index is -0.581. The first-order chi connectivity index (χ1) is 14.1. The van der Waals surface area contributed by atoms with Crippen molar-refractivity contribution in [2.45, 2.75) is 19.9 Å². The highest BCUT2D eigenvalue weighted by atomic mass is 32.1. The van der Waals surface area contributed by atoms with Gasteiger partial charge in [0.1, 0.15) is 0 Å². The molecule has 1 aliphatic rings. The molecule has 1 aromatic carbocycles. The third-order valence-electron chi connectivity index (χ3n) is 4.61. The first-order valence-electron chi connectivity index (χ1n) is 9.24. The van der Waals surface area contributed by atoms with Gasteiger partial charge in [0.15, 0.2) is 4.80 Å². The number of rotatable bonds is 4. The van der Waals surface area contributed by atoms with Gasteiger partial charge in [0, 0.05) is 12.4 Å². The zero-order valence-corrected chi connectivity index (χ0v) is 16.8. The predicted octanol–water partition coefficient (Wildman–Crippen LogP) is 2.19. The van der Waals surface area contributed by atoms with E-state index in [1.807, 2.05) is 42.5 Å². The number of fused-ring (bicyclic) bond motifs is 1. The number of carbonyl (C=O) groups excluding carboxylic acids is 1. The van der Waals surface area contributed by atoms with Crippen molar-refractivity contribution in [2.75, 3.05) is 6.61 Å². The quantitative estimate of drug-likeness (QED) is 0.624. The molecule has 4 rings (SSSR count). The number of carbonyl (C=O) groups is 1. The maximum Gasteiger partial charge on any atom is 0.338 e. The Morgan fingerprint density at radius 2 is 2.03 bits per heavy atom. The number of esters is 1. The largest absolute Gasteiger partial charge is 0.463 e. The van der Waals surface area contributed by atoms with E-state index in [4.69, 9.17) is 4.74 Å². The normalized spacial score (nSPS) is 16.3. The molecule has 0 bridgehead atoms. The number of thiazole rings is 1. The maximum absolute atomic E-state index is 13.3. The van der Waals surface area contributed by atoms with Gasteiger partial charge < -0.3 is 4.74 Å². The van der Waals surface area contributed by atoms with Gasteiger partial charge in [-0.15, -0.1) is 0 Å². The zero-order chi connectivity index (χ0) is 20.4. The van der Waals surface area contributed by atoms with Gasteiger partial charge in [0.2, 0.25) is 0 Å². The molecule has 1 atom stereocenters. The van der Waals surface area contributed by atoms with Gasteiger partial charge in [0.05, 0.1) is 28.5 Å². The van der Waals surface area contributed by atoms with Gasteiger partial charge in [-0.3, -0.25) is 14.3 Å². The van der Waals surface area contributed by atoms with Crippen LogP contribution in [-0.2, 0) is 9.53 Å². The molecule has 0 aliphatic carbocycles. The van der Waals surface area contributed by atoms with E-state index in [-0.39, 0.29) is 12.2 Å². The third-order valence-corrected chi connectivity index (χ3v) is 5.60. The molecular formula is C22H19N3O3S. The van der Waals surface area contributed by atoms with Crippen molar-refractivity contribution < 1.29 is 9.53 Å². The van der Waals surface area contributed by atoms with Crippen molar-refractivity contribution >= 4 is 23.4 Å². The highest BCUT2D eigenvalue weighted by Crippen LogP contribution is 2.30. The van der Waals surface area contributed by atoms with Crippen LogP contribution >= 0.6 is 11.3 Å². The number of allylic oxidation sites excluding steroid dienone is 1. The van der Waals surface area contributed by atoms with Crippen LogP contribution in [0.3, 0.4) is 0 Å². The first kappa shape index (κ1) is 19.0. The zero-order valence-electron chi connectivity index (χ0n) is 16.0. The van der Waals surface area contributed by atoms with Gasteiger partial charge in [0.25, 0.3) is 5.56 Å². The van der Waals surface area contributed by atoms with Crippen molar-refractivity contribution in [1.29, 1.82) is 0 Å². The van der Waals surface area contributed by atoms with Crippen molar-refractivity contribution in [1.82, 2.24) is 9.55 Å². The van der Waals surface area contributed by atoms with E-state index in [0.29, 0.717) is 20.6 Å². The average molecular weight is 405 g/mol. The van der Waals surface area contributed by atoms with Crippen LogP contribution in [0.1, 0.15) is 31.0 Å². The Bertz CT molecular complexity index is 1260. The van der Waals surface area contributed by atoms with Crippen LogP contribution < -0.4 is 14.9 Å². The second-order valence-corrected chi connectivity index (χ2v) is 7.51. The Balaban J connectivity index is 1.96. The lowest BCUT2D eigenvalue weighted by molar-refractivity contribution is -0.139. The summed E-state index contributed by atoms with van der Waals surface area (Å²) in [7, 11) is 0. The fraction of sp³-hybridized carbons (Fsp3) is 0.182. The van der Waals surface area contributed by atoms with Gasteiger partial charge >= 0.3 is 5.97 Å². The lowest BCUT2D eigenvalue weighted by Gasteiger charge is -2.24. The molecule has 146 valence electrons. The Kier molecular flexibility index (Phi) is 5.22. The monoisotopic (exact) mass is 405 g/mol. The number of nitrogens with zero attached hydrogens (tertiary/aromatic N) is 3. The van der Waals surface area contributed by atoms with Crippen LogP contribution in [0, 0.1) is 0 Å². The molecular weight excluding hydrogens is 386 g/mol. The Hall–Kier alpha value is -3.32. The number of ether oxygens (including phenoxy) is 1. The van der Waals surface area contributed by atoms with E-state index in [1.165, 1.54) is 11.3 Å². The third kappa shape index (κ3) is 3.56. The summed E-state index contributed by atoms with van der Waals surface area (Å²) < 4.78 is 7.40. The molecule has 0 saturated carbocycles. The van der Waals surface area contributed by atoms with E-state index >= 15 is 0 Å². The summed E-state index contributed by atoms with van der Waals surface area (Å²) in [5, 5.41) is 0. The number of benzene rings is 1. The van der Waals surface area contributed by atoms with Crippen LogP contribution in [-0.4, -0.2) is 22.1 Å². The van der Waals surface area contributed by atoms with Gasteiger partial charge in [-0.2, -0.15) is 0 Å². The maximum atomic E-state index is 13.3. The van der Waals surface area contributed by atoms with Crippen LogP contribution in [0.5, 0.6) is 0 Å². The number of pyridine rings is 1. The Morgan fingerprint density at radius 3 is 2.72 bits per heavy atom. The minimum Gasteiger partial charge on any atom is -0.463 e. The van der Waals surface area contributed by atoms with Crippen LogP contribution in [0.4, 0.5) is 0 Å². The molecule has 0 fully saturated rings. The Morgan fingerprint density at radius 1 is 1.24 bits per heavy atom. The lowest BCUT2D eigenvalue weighted by Crippen LogP contribution is -2.39. The predicted molar refractivity (Wildman–Crippen MR) is 111 cm³/mol. The minimum absolute atomic E-state index is 0.194. The van der Waals surface area contributed by atoms with Gasteiger partial charge in [-0.25, -0.2) is 9.79 Å². The Labute approximate surface area is 171 Å². The summed E-state index contributed by atoms with van der Waals surface area (Å²) in [4.78, 5) is 35.3.